The summed E-state index contributed by atoms with van der Waals surface area (Å²) in [5.74, 6) is -0.125. The van der Waals surface area contributed by atoms with Gasteiger partial charge in [-0.1, -0.05) is 0 Å². The average Bonchev–Trinajstić information content (AvgIpc) is 2.55. The van der Waals surface area contributed by atoms with Crippen LogP contribution in [-0.4, -0.2) is 23.0 Å². The first kappa shape index (κ1) is 9.80. The Morgan fingerprint density at radius 2 is 2.38 bits per heavy atom. The Bertz CT molecular complexity index is 277. The minimum absolute atomic E-state index is 0.125. The van der Waals surface area contributed by atoms with Crippen LogP contribution in [0.25, 0.3) is 0 Å². The van der Waals surface area contributed by atoms with Gasteiger partial charge in [-0.05, 0) is 26.0 Å². The highest BCUT2D eigenvalue weighted by Crippen LogP contribution is 2.01. The van der Waals surface area contributed by atoms with Gasteiger partial charge in [0.15, 0.2) is 0 Å². The smallest absolute Gasteiger partial charge is 0.268 e. The van der Waals surface area contributed by atoms with Crippen LogP contribution in [0.2, 0.25) is 0 Å². The number of amides is 1. The summed E-state index contributed by atoms with van der Waals surface area (Å²) in [6.07, 6.45) is 1.71. The number of hydrogen-bond donors (Lipinski definition) is 3. The summed E-state index contributed by atoms with van der Waals surface area (Å²) < 4.78 is 0. The van der Waals surface area contributed by atoms with Crippen LogP contribution in [0.1, 0.15) is 24.3 Å². The summed E-state index contributed by atoms with van der Waals surface area (Å²) >= 11 is 0. The van der Waals surface area contributed by atoms with Crippen LogP contribution in [0.5, 0.6) is 0 Å². The van der Waals surface area contributed by atoms with Crippen molar-refractivity contribution in [1.82, 2.24) is 10.3 Å². The molecule has 0 unspecified atom stereocenters. The number of aromatic amines is 1. The lowest BCUT2D eigenvalue weighted by atomic mass is 10.1. The second-order valence-electron chi connectivity index (χ2n) is 3.63. The molecule has 0 spiro atoms. The zero-order valence-corrected chi connectivity index (χ0v) is 7.92. The molecule has 1 rings (SSSR count). The normalized spacial score (nSPS) is 11.3. The molecule has 0 saturated heterocycles. The number of carbonyl (C=O) groups excluding carboxylic acids is 1. The molecule has 4 heteroatoms. The molecule has 0 radical (unpaired) electrons. The summed E-state index contributed by atoms with van der Waals surface area (Å²) in [6, 6.07) is 3.51. The minimum Gasteiger partial charge on any atom is -0.357 e. The Labute approximate surface area is 77.5 Å². The molecule has 1 amide bonds. The standard InChI is InChI=1S/C9H15N3O/c1-9(2,6-10)12-8(13)7-4-3-5-11-7/h3-5,11H,6,10H2,1-2H3,(H,12,13). The van der Waals surface area contributed by atoms with Crippen LogP contribution in [0, 0.1) is 0 Å². The van der Waals surface area contributed by atoms with E-state index in [2.05, 4.69) is 10.3 Å². The first-order valence-corrected chi connectivity index (χ1v) is 4.21. The summed E-state index contributed by atoms with van der Waals surface area (Å²) in [4.78, 5) is 14.3. The van der Waals surface area contributed by atoms with Crippen molar-refractivity contribution >= 4 is 5.91 Å². The molecule has 4 N–H and O–H groups in total. The van der Waals surface area contributed by atoms with Crippen LogP contribution >= 0.6 is 0 Å². The van der Waals surface area contributed by atoms with Crippen LogP contribution in [0.4, 0.5) is 0 Å². The Balaban J connectivity index is 2.61. The van der Waals surface area contributed by atoms with Gasteiger partial charge in [-0.3, -0.25) is 4.79 Å². The van der Waals surface area contributed by atoms with Crippen LogP contribution < -0.4 is 11.1 Å². The molecular formula is C9H15N3O. The number of nitrogens with two attached hydrogens (primary N) is 1. The predicted octanol–water partition coefficient (Wildman–Crippen LogP) is 0.482. The van der Waals surface area contributed by atoms with Crippen molar-refractivity contribution in [2.75, 3.05) is 6.54 Å². The van der Waals surface area contributed by atoms with Gasteiger partial charge in [-0.25, -0.2) is 0 Å². The largest absolute Gasteiger partial charge is 0.357 e. The van der Waals surface area contributed by atoms with E-state index in [1.54, 1.807) is 18.3 Å². The fraction of sp³-hybridized carbons (Fsp3) is 0.444. The fourth-order valence-corrected chi connectivity index (χ4v) is 0.897. The van der Waals surface area contributed by atoms with Gasteiger partial charge in [0.1, 0.15) is 5.69 Å². The van der Waals surface area contributed by atoms with Crippen molar-refractivity contribution in [1.29, 1.82) is 0 Å². The van der Waals surface area contributed by atoms with E-state index in [4.69, 9.17) is 5.73 Å². The van der Waals surface area contributed by atoms with Crippen LogP contribution in [0.15, 0.2) is 18.3 Å². The molecule has 1 heterocycles. The van der Waals surface area contributed by atoms with Crippen molar-refractivity contribution < 1.29 is 4.79 Å². The molecule has 0 aromatic carbocycles. The molecule has 0 fully saturated rings. The van der Waals surface area contributed by atoms with Gasteiger partial charge in [0, 0.05) is 18.3 Å². The molecule has 0 saturated carbocycles. The highest BCUT2D eigenvalue weighted by atomic mass is 16.2. The number of carbonyl (C=O) groups is 1. The van der Waals surface area contributed by atoms with E-state index in [-0.39, 0.29) is 11.4 Å². The van der Waals surface area contributed by atoms with Gasteiger partial charge in [0.25, 0.3) is 5.91 Å². The molecule has 13 heavy (non-hydrogen) atoms. The lowest BCUT2D eigenvalue weighted by Gasteiger charge is -2.23. The highest BCUT2D eigenvalue weighted by molar-refractivity contribution is 5.92. The molecule has 0 aliphatic heterocycles. The zero-order chi connectivity index (χ0) is 9.90. The van der Waals surface area contributed by atoms with Crippen LogP contribution in [-0.2, 0) is 0 Å². The van der Waals surface area contributed by atoms with Crippen molar-refractivity contribution in [3.8, 4) is 0 Å². The third-order valence-electron chi connectivity index (χ3n) is 1.80. The third-order valence-corrected chi connectivity index (χ3v) is 1.80. The molecule has 1 aromatic heterocycles. The average molecular weight is 181 g/mol. The maximum Gasteiger partial charge on any atom is 0.268 e. The Morgan fingerprint density at radius 1 is 1.69 bits per heavy atom. The first-order valence-electron chi connectivity index (χ1n) is 4.21. The zero-order valence-electron chi connectivity index (χ0n) is 7.92. The van der Waals surface area contributed by atoms with E-state index >= 15 is 0 Å². The third kappa shape index (κ3) is 2.59. The van der Waals surface area contributed by atoms with Gasteiger partial charge in [-0.2, -0.15) is 0 Å². The Kier molecular flexibility index (Phi) is 2.72. The molecule has 0 aliphatic carbocycles. The lowest BCUT2D eigenvalue weighted by molar-refractivity contribution is 0.0911. The van der Waals surface area contributed by atoms with Crippen molar-refractivity contribution in [2.45, 2.75) is 19.4 Å². The molecule has 0 atom stereocenters. The van der Waals surface area contributed by atoms with Gasteiger partial charge in [0.05, 0.1) is 0 Å². The topological polar surface area (TPSA) is 70.9 Å². The van der Waals surface area contributed by atoms with Gasteiger partial charge < -0.3 is 16.0 Å². The SMILES string of the molecule is CC(C)(CN)NC(=O)c1ccc[nH]1. The Hall–Kier alpha value is -1.29. The van der Waals surface area contributed by atoms with Gasteiger partial charge in [0.2, 0.25) is 0 Å². The maximum absolute atomic E-state index is 11.5. The quantitative estimate of drug-likeness (QED) is 0.634. The van der Waals surface area contributed by atoms with Crippen molar-refractivity contribution in [3.63, 3.8) is 0 Å². The lowest BCUT2D eigenvalue weighted by Crippen LogP contribution is -2.48. The molecule has 72 valence electrons. The molecule has 1 aromatic rings. The van der Waals surface area contributed by atoms with Crippen molar-refractivity contribution in [3.05, 3.63) is 24.0 Å². The highest BCUT2D eigenvalue weighted by Gasteiger charge is 2.19. The van der Waals surface area contributed by atoms with E-state index in [1.165, 1.54) is 0 Å². The van der Waals surface area contributed by atoms with Crippen LogP contribution in [0.3, 0.4) is 0 Å². The van der Waals surface area contributed by atoms with E-state index < -0.39 is 0 Å². The van der Waals surface area contributed by atoms with E-state index in [1.807, 2.05) is 13.8 Å². The van der Waals surface area contributed by atoms with E-state index in [9.17, 15) is 4.79 Å². The van der Waals surface area contributed by atoms with Crippen molar-refractivity contribution in [2.24, 2.45) is 5.73 Å². The molecule has 0 bridgehead atoms. The second kappa shape index (κ2) is 3.62. The molecule has 0 aliphatic rings. The summed E-state index contributed by atoms with van der Waals surface area (Å²) in [5.41, 5.74) is 5.68. The van der Waals surface area contributed by atoms with E-state index in [0.717, 1.165) is 0 Å². The fourth-order valence-electron chi connectivity index (χ4n) is 0.897. The number of nitrogens with one attached hydrogen (secondary N) is 2. The summed E-state index contributed by atoms with van der Waals surface area (Å²) in [6.45, 7) is 4.18. The predicted molar refractivity (Wildman–Crippen MR) is 51.4 cm³/mol. The van der Waals surface area contributed by atoms with E-state index in [0.29, 0.717) is 12.2 Å². The van der Waals surface area contributed by atoms with Gasteiger partial charge in [-0.15, -0.1) is 0 Å². The number of H-pyrrole nitrogens is 1. The number of hydrogen-bond acceptors (Lipinski definition) is 2. The molecule has 4 nitrogen and oxygen atoms in total. The molecular weight excluding hydrogens is 166 g/mol. The Morgan fingerprint density at radius 3 is 2.85 bits per heavy atom. The second-order valence-corrected chi connectivity index (χ2v) is 3.63. The summed E-state index contributed by atoms with van der Waals surface area (Å²) in [7, 11) is 0. The summed E-state index contributed by atoms with van der Waals surface area (Å²) in [5, 5.41) is 2.81. The number of aromatic nitrogens is 1. The van der Waals surface area contributed by atoms with Gasteiger partial charge >= 0.3 is 0 Å². The monoisotopic (exact) mass is 181 g/mol. The minimum atomic E-state index is -0.359. The first-order chi connectivity index (χ1) is 6.05. The number of rotatable bonds is 3. The maximum atomic E-state index is 11.5.